The molecule has 1 aromatic carbocycles. The molecule has 3 fully saturated rings. The monoisotopic (exact) mass is 297 g/mol. The third kappa shape index (κ3) is 2.11. The van der Waals surface area contributed by atoms with Crippen LogP contribution < -0.4 is 4.90 Å². The first-order valence-corrected chi connectivity index (χ1v) is 8.49. The van der Waals surface area contributed by atoms with Crippen LogP contribution in [0.1, 0.15) is 30.1 Å². The van der Waals surface area contributed by atoms with Gasteiger partial charge in [0.15, 0.2) is 0 Å². The molecule has 2 bridgehead atoms. The molecule has 2 aromatic rings. The van der Waals surface area contributed by atoms with Gasteiger partial charge in [-0.05, 0) is 24.0 Å². The maximum atomic E-state index is 9.50. The number of hydrogen-bond acceptors (Lipinski definition) is 1. The molecule has 0 radical (unpaired) electrons. The van der Waals surface area contributed by atoms with Crippen molar-refractivity contribution >= 4 is 10.9 Å². The van der Waals surface area contributed by atoms with E-state index in [-0.39, 0.29) is 6.61 Å². The van der Waals surface area contributed by atoms with Gasteiger partial charge in [-0.1, -0.05) is 24.3 Å². The number of rotatable bonds is 4. The molecule has 3 heteroatoms. The van der Waals surface area contributed by atoms with E-state index in [4.69, 9.17) is 0 Å². The molecular formula is C19H25N2O+. The zero-order valence-corrected chi connectivity index (χ0v) is 13.0. The number of quaternary nitrogens is 1. The molecule has 0 saturated carbocycles. The highest BCUT2D eigenvalue weighted by Gasteiger charge is 2.44. The van der Waals surface area contributed by atoms with Crippen molar-refractivity contribution in [3.63, 3.8) is 0 Å². The second kappa shape index (κ2) is 5.56. The number of benzene rings is 1. The minimum atomic E-state index is 0.218. The maximum Gasteiger partial charge on any atom is 0.129 e. The van der Waals surface area contributed by atoms with Gasteiger partial charge in [-0.3, -0.25) is 0 Å². The van der Waals surface area contributed by atoms with E-state index in [9.17, 15) is 5.11 Å². The Labute approximate surface area is 131 Å². The number of aliphatic hydroxyl groups excluding tert-OH is 1. The molecule has 3 N–H and O–H groups in total. The SMILES string of the molecule is C=C[C@@H]1C[NH+]2CC[C@@H]1C[C@@H]2c1[nH]c2ccccc2c1CCO. The van der Waals surface area contributed by atoms with E-state index in [1.54, 1.807) is 4.90 Å². The Morgan fingerprint density at radius 1 is 1.36 bits per heavy atom. The summed E-state index contributed by atoms with van der Waals surface area (Å²) in [5.41, 5.74) is 3.92. The Balaban J connectivity index is 1.75. The quantitative estimate of drug-likeness (QED) is 0.741. The lowest BCUT2D eigenvalue weighted by atomic mass is 9.74. The second-order valence-corrected chi connectivity index (χ2v) is 6.89. The van der Waals surface area contributed by atoms with Crippen LogP contribution in [0.3, 0.4) is 0 Å². The molecule has 1 aromatic heterocycles. The molecule has 4 heterocycles. The van der Waals surface area contributed by atoms with Gasteiger partial charge >= 0.3 is 0 Å². The standard InChI is InChI=1S/C19H24N2O/c1-2-13-12-21-9-7-14(13)11-18(21)19-16(8-10-22)15-5-3-4-6-17(15)20-19/h2-6,13-14,18,20,22H,1,7-12H2/p+1/t13-,14-,18-/m1/s1. The van der Waals surface area contributed by atoms with Gasteiger partial charge in [-0.25, -0.2) is 0 Å². The number of para-hydroxylation sites is 1. The Morgan fingerprint density at radius 2 is 2.23 bits per heavy atom. The summed E-state index contributed by atoms with van der Waals surface area (Å²) in [5, 5.41) is 10.8. The van der Waals surface area contributed by atoms with E-state index in [0.29, 0.717) is 12.0 Å². The summed E-state index contributed by atoms with van der Waals surface area (Å²) in [6.07, 6.45) is 5.49. The highest BCUT2D eigenvalue weighted by Crippen LogP contribution is 2.36. The first kappa shape index (κ1) is 14.0. The van der Waals surface area contributed by atoms with E-state index in [1.807, 2.05) is 0 Å². The van der Waals surface area contributed by atoms with Crippen LogP contribution in [0.2, 0.25) is 0 Å². The van der Waals surface area contributed by atoms with Crippen LogP contribution in [0, 0.1) is 11.8 Å². The van der Waals surface area contributed by atoms with Crippen molar-refractivity contribution in [2.75, 3.05) is 19.7 Å². The highest BCUT2D eigenvalue weighted by atomic mass is 16.2. The molecule has 3 saturated heterocycles. The van der Waals surface area contributed by atoms with Crippen LogP contribution in [0.15, 0.2) is 36.9 Å². The molecule has 3 aliphatic heterocycles. The summed E-state index contributed by atoms with van der Waals surface area (Å²) < 4.78 is 0. The number of hydrogen-bond donors (Lipinski definition) is 3. The Bertz CT molecular complexity index is 690. The maximum absolute atomic E-state index is 9.50. The zero-order chi connectivity index (χ0) is 15.1. The fourth-order valence-corrected chi connectivity index (χ4v) is 4.73. The fraction of sp³-hybridized carbons (Fsp3) is 0.474. The number of fused-ring (bicyclic) bond motifs is 4. The fourth-order valence-electron chi connectivity index (χ4n) is 4.73. The minimum Gasteiger partial charge on any atom is -0.396 e. The number of H-pyrrole nitrogens is 1. The number of aliphatic hydroxyl groups is 1. The summed E-state index contributed by atoms with van der Waals surface area (Å²) in [6.45, 7) is 6.73. The summed E-state index contributed by atoms with van der Waals surface area (Å²) in [5.74, 6) is 1.47. The van der Waals surface area contributed by atoms with Crippen molar-refractivity contribution in [3.05, 3.63) is 48.2 Å². The lowest BCUT2D eigenvalue weighted by molar-refractivity contribution is -0.952. The van der Waals surface area contributed by atoms with Gasteiger partial charge in [-0.2, -0.15) is 0 Å². The van der Waals surface area contributed by atoms with Crippen molar-refractivity contribution in [3.8, 4) is 0 Å². The summed E-state index contributed by atoms with van der Waals surface area (Å²) >= 11 is 0. The van der Waals surface area contributed by atoms with E-state index >= 15 is 0 Å². The van der Waals surface area contributed by atoms with Crippen LogP contribution in [0.5, 0.6) is 0 Å². The van der Waals surface area contributed by atoms with Crippen molar-refractivity contribution in [2.24, 2.45) is 11.8 Å². The smallest absolute Gasteiger partial charge is 0.129 e. The van der Waals surface area contributed by atoms with E-state index in [0.717, 1.165) is 12.3 Å². The largest absolute Gasteiger partial charge is 0.396 e. The Kier molecular flexibility index (Phi) is 3.55. The summed E-state index contributed by atoms with van der Waals surface area (Å²) in [7, 11) is 0. The molecule has 4 atom stereocenters. The molecule has 0 spiro atoms. The summed E-state index contributed by atoms with van der Waals surface area (Å²) in [6, 6.07) is 9.06. The zero-order valence-electron chi connectivity index (χ0n) is 13.0. The van der Waals surface area contributed by atoms with E-state index in [2.05, 4.69) is 41.9 Å². The van der Waals surface area contributed by atoms with Crippen molar-refractivity contribution in [1.29, 1.82) is 0 Å². The number of aromatic nitrogens is 1. The topological polar surface area (TPSA) is 40.5 Å². The van der Waals surface area contributed by atoms with Crippen LogP contribution in [0.25, 0.3) is 10.9 Å². The van der Waals surface area contributed by atoms with Crippen LogP contribution in [-0.2, 0) is 6.42 Å². The van der Waals surface area contributed by atoms with Crippen molar-refractivity contribution < 1.29 is 10.0 Å². The molecular weight excluding hydrogens is 272 g/mol. The van der Waals surface area contributed by atoms with Gasteiger partial charge in [0.25, 0.3) is 0 Å². The number of nitrogens with one attached hydrogen (secondary N) is 2. The second-order valence-electron chi connectivity index (χ2n) is 6.89. The molecule has 0 aliphatic carbocycles. The predicted molar refractivity (Wildman–Crippen MR) is 88.9 cm³/mol. The van der Waals surface area contributed by atoms with Gasteiger partial charge in [0.05, 0.1) is 18.8 Å². The average Bonchev–Trinajstić information content (AvgIpc) is 2.94. The lowest BCUT2D eigenvalue weighted by Gasteiger charge is -2.46. The van der Waals surface area contributed by atoms with E-state index < -0.39 is 0 Å². The van der Waals surface area contributed by atoms with Crippen LogP contribution >= 0.6 is 0 Å². The average molecular weight is 297 g/mol. The van der Waals surface area contributed by atoms with Crippen molar-refractivity contribution in [1.82, 2.24) is 4.98 Å². The number of piperidine rings is 3. The third-order valence-corrected chi connectivity index (χ3v) is 5.83. The van der Waals surface area contributed by atoms with Crippen LogP contribution in [-0.4, -0.2) is 29.8 Å². The van der Waals surface area contributed by atoms with Gasteiger partial charge < -0.3 is 15.0 Å². The molecule has 5 rings (SSSR count). The molecule has 116 valence electrons. The van der Waals surface area contributed by atoms with Gasteiger partial charge in [-0.15, -0.1) is 6.58 Å². The van der Waals surface area contributed by atoms with Gasteiger partial charge in [0.2, 0.25) is 0 Å². The van der Waals surface area contributed by atoms with Crippen LogP contribution in [0.4, 0.5) is 0 Å². The molecule has 1 unspecified atom stereocenters. The number of aromatic amines is 1. The third-order valence-electron chi connectivity index (χ3n) is 5.83. The molecule has 22 heavy (non-hydrogen) atoms. The first-order valence-electron chi connectivity index (χ1n) is 8.49. The molecule has 3 aliphatic rings. The lowest BCUT2D eigenvalue weighted by Crippen LogP contribution is -3.16. The van der Waals surface area contributed by atoms with E-state index in [1.165, 1.54) is 48.1 Å². The van der Waals surface area contributed by atoms with Gasteiger partial charge in [0, 0.05) is 36.3 Å². The normalized spacial score (nSPS) is 30.8. The highest BCUT2D eigenvalue weighted by molar-refractivity contribution is 5.84. The summed E-state index contributed by atoms with van der Waals surface area (Å²) in [4.78, 5) is 5.37. The van der Waals surface area contributed by atoms with Crippen molar-refractivity contribution in [2.45, 2.75) is 25.3 Å². The minimum absolute atomic E-state index is 0.218. The first-order chi connectivity index (χ1) is 10.8. The Morgan fingerprint density at radius 3 is 2.95 bits per heavy atom. The Hall–Kier alpha value is -1.58. The predicted octanol–water partition coefficient (Wildman–Crippen LogP) is 1.85. The van der Waals surface area contributed by atoms with Gasteiger partial charge in [0.1, 0.15) is 6.04 Å². The molecule has 3 nitrogen and oxygen atoms in total. The molecule has 0 amide bonds.